The Bertz CT molecular complexity index is 1110. The number of amides is 2. The molecular weight excluding hydrogens is 406 g/mol. The minimum absolute atomic E-state index is 0.0191. The van der Waals surface area contributed by atoms with Crippen LogP contribution in [0.2, 0.25) is 0 Å². The number of carbonyl (C=O) groups is 2. The summed E-state index contributed by atoms with van der Waals surface area (Å²) in [6, 6.07) is 12.3. The highest BCUT2D eigenvalue weighted by Gasteiger charge is 2.58. The highest BCUT2D eigenvalue weighted by atomic mass is 16.3. The number of fused-ring (bicyclic) bond motifs is 4. The normalized spacial score (nSPS) is 26.4. The summed E-state index contributed by atoms with van der Waals surface area (Å²) in [7, 11) is 3.39. The highest BCUT2D eigenvalue weighted by molar-refractivity contribution is 5.85. The Hall–Kier alpha value is -2.93. The van der Waals surface area contributed by atoms with Crippen LogP contribution in [0, 0.1) is 17.8 Å². The van der Waals surface area contributed by atoms with E-state index in [4.69, 9.17) is 0 Å². The molecule has 1 N–H and O–H groups in total. The second-order valence-electron chi connectivity index (χ2n) is 9.44. The third-order valence-corrected chi connectivity index (χ3v) is 7.56. The van der Waals surface area contributed by atoms with E-state index in [1.54, 1.807) is 24.7 Å². The van der Waals surface area contributed by atoms with Gasteiger partial charge in [0.2, 0.25) is 11.8 Å². The lowest BCUT2D eigenvalue weighted by atomic mass is 9.83. The van der Waals surface area contributed by atoms with Gasteiger partial charge >= 0.3 is 0 Å². The molecular formula is C25H29N3O4. The Kier molecular flexibility index (Phi) is 5.16. The predicted octanol–water partition coefficient (Wildman–Crippen LogP) is 1.89. The lowest BCUT2D eigenvalue weighted by Gasteiger charge is -2.41. The van der Waals surface area contributed by atoms with Crippen LogP contribution in [0.1, 0.15) is 31.0 Å². The van der Waals surface area contributed by atoms with E-state index < -0.39 is 17.9 Å². The van der Waals surface area contributed by atoms with Crippen molar-refractivity contribution in [2.75, 3.05) is 20.7 Å². The zero-order chi connectivity index (χ0) is 22.6. The van der Waals surface area contributed by atoms with Crippen LogP contribution in [0.25, 0.3) is 11.1 Å². The fourth-order valence-electron chi connectivity index (χ4n) is 5.69. The van der Waals surface area contributed by atoms with Gasteiger partial charge in [0.25, 0.3) is 5.56 Å². The summed E-state index contributed by atoms with van der Waals surface area (Å²) in [6.45, 7) is 0.0976. The summed E-state index contributed by atoms with van der Waals surface area (Å²) in [5.74, 6) is -1.05. The molecule has 3 aliphatic rings. The van der Waals surface area contributed by atoms with Gasteiger partial charge in [0.15, 0.2) is 0 Å². The SMILES string of the molecule is CN(C)C(=O)[C@@H]1[C@@H](CO)[C@@H]2Cn3c(ccc(-c4ccccc4)c3=O)[C@H]1N2C(=O)C1CCC1. The summed E-state index contributed by atoms with van der Waals surface area (Å²) >= 11 is 0. The van der Waals surface area contributed by atoms with E-state index in [9.17, 15) is 19.5 Å². The molecule has 0 radical (unpaired) electrons. The van der Waals surface area contributed by atoms with Crippen LogP contribution in [0.3, 0.4) is 0 Å². The third-order valence-electron chi connectivity index (χ3n) is 7.56. The van der Waals surface area contributed by atoms with Crippen molar-refractivity contribution < 1.29 is 14.7 Å². The van der Waals surface area contributed by atoms with E-state index in [1.165, 1.54) is 4.90 Å². The summed E-state index contributed by atoms with van der Waals surface area (Å²) in [4.78, 5) is 43.6. The Balaban J connectivity index is 1.66. The first-order chi connectivity index (χ1) is 15.4. The van der Waals surface area contributed by atoms with Crippen LogP contribution >= 0.6 is 0 Å². The van der Waals surface area contributed by atoms with Crippen molar-refractivity contribution in [2.24, 2.45) is 17.8 Å². The molecule has 5 rings (SSSR count). The molecule has 7 nitrogen and oxygen atoms in total. The molecule has 2 bridgehead atoms. The van der Waals surface area contributed by atoms with Gasteiger partial charge in [0.1, 0.15) is 0 Å². The Morgan fingerprint density at radius 3 is 2.41 bits per heavy atom. The fourth-order valence-corrected chi connectivity index (χ4v) is 5.69. The first-order valence-corrected chi connectivity index (χ1v) is 11.4. The van der Waals surface area contributed by atoms with Gasteiger partial charge in [-0.2, -0.15) is 0 Å². The van der Waals surface area contributed by atoms with Gasteiger partial charge in [-0.3, -0.25) is 14.4 Å². The smallest absolute Gasteiger partial charge is 0.258 e. The van der Waals surface area contributed by atoms with E-state index in [-0.39, 0.29) is 35.9 Å². The standard InChI is InChI=1S/C25H29N3O4/c1-26(2)25(32)21-18(14-29)20-13-27-19(22(21)28(20)23(30)16-9-6-10-16)12-11-17(24(27)31)15-7-4-3-5-8-15/h3-5,7-8,11-12,16,18,20-22,29H,6,9-10,13-14H2,1-2H3/t18-,20-,21+,22+/m0/s1. The van der Waals surface area contributed by atoms with Gasteiger partial charge in [-0.15, -0.1) is 0 Å². The lowest BCUT2D eigenvalue weighted by Crippen LogP contribution is -2.51. The van der Waals surface area contributed by atoms with Crippen molar-refractivity contribution >= 4 is 11.8 Å². The number of hydrogen-bond donors (Lipinski definition) is 1. The second-order valence-corrected chi connectivity index (χ2v) is 9.44. The average Bonchev–Trinajstić information content (AvgIpc) is 2.99. The highest BCUT2D eigenvalue weighted by Crippen LogP contribution is 2.50. The maximum Gasteiger partial charge on any atom is 0.258 e. The van der Waals surface area contributed by atoms with Crippen molar-refractivity contribution in [1.82, 2.24) is 14.4 Å². The largest absolute Gasteiger partial charge is 0.396 e. The van der Waals surface area contributed by atoms with Crippen molar-refractivity contribution in [2.45, 2.75) is 37.9 Å². The summed E-state index contributed by atoms with van der Waals surface area (Å²) in [5, 5.41) is 10.3. The van der Waals surface area contributed by atoms with Crippen LogP contribution < -0.4 is 5.56 Å². The van der Waals surface area contributed by atoms with E-state index in [0.717, 1.165) is 24.8 Å². The van der Waals surface area contributed by atoms with E-state index >= 15 is 0 Å². The van der Waals surface area contributed by atoms with Gasteiger partial charge in [0.05, 0.1) is 18.0 Å². The topological polar surface area (TPSA) is 82.8 Å². The Labute approximate surface area is 187 Å². The maximum atomic E-state index is 13.5. The van der Waals surface area contributed by atoms with Crippen LogP contribution in [-0.4, -0.2) is 58.0 Å². The molecule has 1 saturated heterocycles. The number of rotatable bonds is 4. The summed E-state index contributed by atoms with van der Waals surface area (Å²) < 4.78 is 1.73. The minimum atomic E-state index is -0.570. The van der Waals surface area contributed by atoms with Gasteiger partial charge in [-0.05, 0) is 30.5 Å². The van der Waals surface area contributed by atoms with E-state index in [0.29, 0.717) is 17.8 Å². The molecule has 4 atom stereocenters. The van der Waals surface area contributed by atoms with Crippen molar-refractivity contribution in [1.29, 1.82) is 0 Å². The van der Waals surface area contributed by atoms with Crippen molar-refractivity contribution in [3.05, 3.63) is 58.5 Å². The molecule has 1 aromatic heterocycles. The number of nitrogens with zero attached hydrogens (tertiary/aromatic N) is 3. The molecule has 1 saturated carbocycles. The number of pyridine rings is 1. The zero-order valence-corrected chi connectivity index (χ0v) is 18.5. The first kappa shape index (κ1) is 20.9. The van der Waals surface area contributed by atoms with E-state index in [1.807, 2.05) is 41.3 Å². The number of hydrogen-bond acceptors (Lipinski definition) is 4. The molecule has 1 aromatic carbocycles. The fraction of sp³-hybridized carbons (Fsp3) is 0.480. The van der Waals surface area contributed by atoms with Gasteiger partial charge < -0.3 is 19.5 Å². The third kappa shape index (κ3) is 3.02. The van der Waals surface area contributed by atoms with Gasteiger partial charge in [-0.1, -0.05) is 36.8 Å². The molecule has 1 aliphatic carbocycles. The molecule has 2 amide bonds. The van der Waals surface area contributed by atoms with Crippen LogP contribution in [0.5, 0.6) is 0 Å². The molecule has 32 heavy (non-hydrogen) atoms. The van der Waals surface area contributed by atoms with Crippen LogP contribution in [0.15, 0.2) is 47.3 Å². The number of benzene rings is 1. The van der Waals surface area contributed by atoms with Crippen molar-refractivity contribution in [3.63, 3.8) is 0 Å². The number of aliphatic hydroxyl groups is 1. The first-order valence-electron chi connectivity index (χ1n) is 11.4. The predicted molar refractivity (Wildman–Crippen MR) is 120 cm³/mol. The monoisotopic (exact) mass is 435 g/mol. The molecule has 168 valence electrons. The molecule has 2 fully saturated rings. The van der Waals surface area contributed by atoms with E-state index in [2.05, 4.69) is 0 Å². The van der Waals surface area contributed by atoms with Gasteiger partial charge in [-0.25, -0.2) is 0 Å². The van der Waals surface area contributed by atoms with Crippen LogP contribution in [-0.2, 0) is 16.1 Å². The molecule has 2 aromatic rings. The summed E-state index contributed by atoms with van der Waals surface area (Å²) in [5.41, 5.74) is 2.01. The second kappa shape index (κ2) is 7.89. The lowest BCUT2D eigenvalue weighted by molar-refractivity contribution is -0.144. The average molecular weight is 436 g/mol. The summed E-state index contributed by atoms with van der Waals surface area (Å²) in [6.07, 6.45) is 2.77. The number of aliphatic hydroxyl groups excluding tert-OH is 1. The Morgan fingerprint density at radius 2 is 1.81 bits per heavy atom. The maximum absolute atomic E-state index is 13.5. The Morgan fingerprint density at radius 1 is 1.09 bits per heavy atom. The molecule has 3 heterocycles. The number of aromatic nitrogens is 1. The molecule has 0 spiro atoms. The molecule has 7 heteroatoms. The minimum Gasteiger partial charge on any atom is -0.396 e. The van der Waals surface area contributed by atoms with Crippen molar-refractivity contribution in [3.8, 4) is 11.1 Å². The quantitative estimate of drug-likeness (QED) is 0.795. The zero-order valence-electron chi connectivity index (χ0n) is 18.5. The van der Waals surface area contributed by atoms with Crippen LogP contribution in [0.4, 0.5) is 0 Å². The number of carbonyl (C=O) groups excluding carboxylic acids is 2. The molecule has 2 aliphatic heterocycles. The molecule has 0 unspecified atom stereocenters. The van der Waals surface area contributed by atoms with Gasteiger partial charge in [0, 0.05) is 50.3 Å².